The van der Waals surface area contributed by atoms with E-state index in [2.05, 4.69) is 18.7 Å². The molecule has 66 valence electrons. The van der Waals surface area contributed by atoms with Crippen molar-refractivity contribution in [1.29, 1.82) is 0 Å². The summed E-state index contributed by atoms with van der Waals surface area (Å²) in [6.45, 7) is 8.01. The molecule has 2 atom stereocenters. The lowest BCUT2D eigenvalue weighted by Crippen LogP contribution is -2.49. The minimum absolute atomic E-state index is 0.257. The molecule has 1 fully saturated rings. The van der Waals surface area contributed by atoms with Gasteiger partial charge in [-0.2, -0.15) is 0 Å². The number of rotatable bonds is 2. The Balaban J connectivity index is 2.32. The summed E-state index contributed by atoms with van der Waals surface area (Å²) in [7, 11) is 0. The van der Waals surface area contributed by atoms with Crippen LogP contribution in [0.4, 0.5) is 0 Å². The van der Waals surface area contributed by atoms with Crippen LogP contribution in [0.2, 0.25) is 0 Å². The fourth-order valence-electron chi connectivity index (χ4n) is 1.32. The molecule has 2 unspecified atom stereocenters. The van der Waals surface area contributed by atoms with E-state index in [1.807, 2.05) is 0 Å². The van der Waals surface area contributed by atoms with E-state index >= 15 is 0 Å². The zero-order chi connectivity index (χ0) is 8.27. The monoisotopic (exact) mass is 158 g/mol. The van der Waals surface area contributed by atoms with Gasteiger partial charge in [-0.05, 0) is 13.8 Å². The molecule has 1 aliphatic heterocycles. The highest BCUT2D eigenvalue weighted by atomic mass is 16.5. The summed E-state index contributed by atoms with van der Waals surface area (Å²) < 4.78 is 5.25. The lowest BCUT2D eigenvalue weighted by molar-refractivity contribution is 0.0163. The van der Waals surface area contributed by atoms with E-state index in [1.165, 1.54) is 0 Å². The molecule has 0 amide bonds. The first-order valence-electron chi connectivity index (χ1n) is 4.29. The maximum atomic E-state index is 5.78. The third kappa shape index (κ3) is 2.43. The van der Waals surface area contributed by atoms with Gasteiger partial charge in [0.1, 0.15) is 0 Å². The molecule has 1 aliphatic rings. The van der Waals surface area contributed by atoms with Crippen molar-refractivity contribution in [2.45, 2.75) is 25.9 Å². The van der Waals surface area contributed by atoms with Gasteiger partial charge in [-0.15, -0.1) is 0 Å². The van der Waals surface area contributed by atoms with Crippen LogP contribution in [0.15, 0.2) is 0 Å². The molecule has 3 heteroatoms. The van der Waals surface area contributed by atoms with Crippen molar-refractivity contribution in [2.75, 3.05) is 26.3 Å². The van der Waals surface area contributed by atoms with E-state index in [9.17, 15) is 0 Å². The zero-order valence-corrected chi connectivity index (χ0v) is 7.42. The molecule has 1 saturated heterocycles. The Bertz CT molecular complexity index is 111. The van der Waals surface area contributed by atoms with Crippen molar-refractivity contribution in [1.82, 2.24) is 4.90 Å². The summed E-state index contributed by atoms with van der Waals surface area (Å²) in [5.74, 6) is 0. The first kappa shape index (κ1) is 8.97. The standard InChI is InChI=1S/C8H18N2O/c1-7(9)8(2)10-3-5-11-6-4-10/h7-8H,3-6,9H2,1-2H3. The smallest absolute Gasteiger partial charge is 0.0594 e. The summed E-state index contributed by atoms with van der Waals surface area (Å²) >= 11 is 0. The second-order valence-corrected chi connectivity index (χ2v) is 3.25. The zero-order valence-electron chi connectivity index (χ0n) is 7.42. The number of morpholine rings is 1. The van der Waals surface area contributed by atoms with E-state index in [1.54, 1.807) is 0 Å². The van der Waals surface area contributed by atoms with Crippen molar-refractivity contribution in [3.63, 3.8) is 0 Å². The Morgan fingerprint density at radius 2 is 1.82 bits per heavy atom. The Kier molecular flexibility index (Phi) is 3.30. The van der Waals surface area contributed by atoms with Crippen LogP contribution >= 0.6 is 0 Å². The van der Waals surface area contributed by atoms with Crippen LogP contribution in [0, 0.1) is 0 Å². The van der Waals surface area contributed by atoms with Gasteiger partial charge in [-0.3, -0.25) is 4.90 Å². The van der Waals surface area contributed by atoms with Crippen LogP contribution in [0.3, 0.4) is 0 Å². The van der Waals surface area contributed by atoms with Crippen molar-refractivity contribution < 1.29 is 4.74 Å². The summed E-state index contributed by atoms with van der Waals surface area (Å²) in [5, 5.41) is 0. The molecule has 3 nitrogen and oxygen atoms in total. The molecule has 0 spiro atoms. The van der Waals surface area contributed by atoms with E-state index in [4.69, 9.17) is 10.5 Å². The van der Waals surface area contributed by atoms with Crippen molar-refractivity contribution in [3.8, 4) is 0 Å². The fraction of sp³-hybridized carbons (Fsp3) is 1.00. The Labute approximate surface area is 68.5 Å². The van der Waals surface area contributed by atoms with E-state index < -0.39 is 0 Å². The number of ether oxygens (including phenoxy) is 1. The highest BCUT2D eigenvalue weighted by molar-refractivity contribution is 4.76. The first-order valence-corrected chi connectivity index (χ1v) is 4.29. The van der Waals surface area contributed by atoms with Crippen molar-refractivity contribution in [3.05, 3.63) is 0 Å². The quantitative estimate of drug-likeness (QED) is 0.617. The number of hydrogen-bond donors (Lipinski definition) is 1. The molecule has 11 heavy (non-hydrogen) atoms. The summed E-state index contributed by atoms with van der Waals surface area (Å²) in [4.78, 5) is 2.38. The molecule has 1 rings (SSSR count). The largest absolute Gasteiger partial charge is 0.379 e. The molecular formula is C8H18N2O. The minimum atomic E-state index is 0.257. The molecular weight excluding hydrogens is 140 g/mol. The first-order chi connectivity index (χ1) is 5.22. The number of nitrogens with two attached hydrogens (primary N) is 1. The predicted molar refractivity (Wildman–Crippen MR) is 45.5 cm³/mol. The normalized spacial score (nSPS) is 26.5. The molecule has 0 bridgehead atoms. The van der Waals surface area contributed by atoms with Gasteiger partial charge in [0, 0.05) is 25.2 Å². The van der Waals surface area contributed by atoms with Crippen molar-refractivity contribution in [2.24, 2.45) is 5.73 Å². The molecule has 0 aliphatic carbocycles. The van der Waals surface area contributed by atoms with E-state index in [-0.39, 0.29) is 6.04 Å². The Morgan fingerprint density at radius 1 is 1.27 bits per heavy atom. The third-order valence-corrected chi connectivity index (χ3v) is 2.38. The van der Waals surface area contributed by atoms with Gasteiger partial charge in [-0.1, -0.05) is 0 Å². The van der Waals surface area contributed by atoms with Crippen LogP contribution in [0.5, 0.6) is 0 Å². The maximum absolute atomic E-state index is 5.78. The summed E-state index contributed by atoms with van der Waals surface area (Å²) in [6, 6.07) is 0.743. The van der Waals surface area contributed by atoms with Gasteiger partial charge in [0.2, 0.25) is 0 Å². The van der Waals surface area contributed by atoms with E-state index in [0.29, 0.717) is 6.04 Å². The van der Waals surface area contributed by atoms with Crippen LogP contribution in [-0.2, 0) is 4.74 Å². The lowest BCUT2D eigenvalue weighted by Gasteiger charge is -2.34. The number of nitrogens with zero attached hydrogens (tertiary/aromatic N) is 1. The second-order valence-electron chi connectivity index (χ2n) is 3.25. The predicted octanol–water partition coefficient (Wildman–Crippen LogP) is 0.0543. The van der Waals surface area contributed by atoms with Crippen LogP contribution < -0.4 is 5.73 Å². The van der Waals surface area contributed by atoms with Gasteiger partial charge < -0.3 is 10.5 Å². The van der Waals surface area contributed by atoms with Gasteiger partial charge in [0.15, 0.2) is 0 Å². The fourth-order valence-corrected chi connectivity index (χ4v) is 1.32. The SMILES string of the molecule is CC(N)C(C)N1CCOCC1. The second kappa shape index (κ2) is 4.04. The Morgan fingerprint density at radius 3 is 2.27 bits per heavy atom. The average molecular weight is 158 g/mol. The van der Waals surface area contributed by atoms with Gasteiger partial charge >= 0.3 is 0 Å². The van der Waals surface area contributed by atoms with Gasteiger partial charge in [0.25, 0.3) is 0 Å². The summed E-state index contributed by atoms with van der Waals surface area (Å²) in [5.41, 5.74) is 5.78. The molecule has 2 N–H and O–H groups in total. The molecule has 0 aromatic carbocycles. The molecule has 0 saturated carbocycles. The average Bonchev–Trinajstić information content (AvgIpc) is 2.05. The highest BCUT2D eigenvalue weighted by Gasteiger charge is 2.19. The molecule has 1 heterocycles. The molecule has 0 aromatic rings. The maximum Gasteiger partial charge on any atom is 0.0594 e. The van der Waals surface area contributed by atoms with Crippen LogP contribution in [0.1, 0.15) is 13.8 Å². The molecule has 0 radical (unpaired) electrons. The summed E-state index contributed by atoms with van der Waals surface area (Å²) in [6.07, 6.45) is 0. The van der Waals surface area contributed by atoms with Gasteiger partial charge in [-0.25, -0.2) is 0 Å². The van der Waals surface area contributed by atoms with Crippen LogP contribution in [-0.4, -0.2) is 43.3 Å². The third-order valence-electron chi connectivity index (χ3n) is 2.38. The Hall–Kier alpha value is -0.120. The van der Waals surface area contributed by atoms with E-state index in [0.717, 1.165) is 26.3 Å². The number of hydrogen-bond acceptors (Lipinski definition) is 3. The topological polar surface area (TPSA) is 38.5 Å². The minimum Gasteiger partial charge on any atom is -0.379 e. The highest BCUT2D eigenvalue weighted by Crippen LogP contribution is 2.05. The molecule has 0 aromatic heterocycles. The van der Waals surface area contributed by atoms with Gasteiger partial charge in [0.05, 0.1) is 13.2 Å². The van der Waals surface area contributed by atoms with Crippen molar-refractivity contribution >= 4 is 0 Å². The van der Waals surface area contributed by atoms with Crippen LogP contribution in [0.25, 0.3) is 0 Å². The lowest BCUT2D eigenvalue weighted by atomic mass is 10.1.